The number of methoxy groups -OCH3 is 1. The molecule has 2 N–H and O–H groups in total. The average molecular weight is 485 g/mol. The summed E-state index contributed by atoms with van der Waals surface area (Å²) in [5.74, 6) is 1.49. The number of halogens is 1. The number of piperidine rings is 1. The van der Waals surface area contributed by atoms with Gasteiger partial charge in [-0.25, -0.2) is 0 Å². The molecular formula is C19H40IN3O3. The highest BCUT2D eigenvalue weighted by Crippen LogP contribution is 2.15. The predicted molar refractivity (Wildman–Crippen MR) is 119 cm³/mol. The minimum atomic E-state index is 0. The van der Waals surface area contributed by atoms with Crippen LogP contribution in [0, 0.1) is 5.92 Å². The Hall–Kier alpha value is -0.120. The highest BCUT2D eigenvalue weighted by atomic mass is 127. The summed E-state index contributed by atoms with van der Waals surface area (Å²) in [5, 5.41) is 12.6. The maximum absolute atomic E-state index is 9.22. The van der Waals surface area contributed by atoms with E-state index in [1.807, 2.05) is 0 Å². The summed E-state index contributed by atoms with van der Waals surface area (Å²) in [6.07, 6.45) is 6.53. The van der Waals surface area contributed by atoms with Gasteiger partial charge in [-0.05, 0) is 44.9 Å². The molecule has 1 saturated heterocycles. The fraction of sp³-hybridized carbons (Fsp3) is 0.947. The Kier molecular flexibility index (Phi) is 16.9. The Morgan fingerprint density at radius 1 is 1.23 bits per heavy atom. The van der Waals surface area contributed by atoms with Crippen molar-refractivity contribution in [1.82, 2.24) is 10.2 Å². The summed E-state index contributed by atoms with van der Waals surface area (Å²) in [4.78, 5) is 7.20. The van der Waals surface area contributed by atoms with Crippen LogP contribution in [0.5, 0.6) is 0 Å². The van der Waals surface area contributed by atoms with Gasteiger partial charge in [-0.2, -0.15) is 0 Å². The van der Waals surface area contributed by atoms with Crippen LogP contribution < -0.4 is 5.32 Å². The zero-order chi connectivity index (χ0) is 18.3. The number of likely N-dealkylation sites (tertiary alicyclic amines) is 1. The summed E-state index contributed by atoms with van der Waals surface area (Å²) >= 11 is 0. The van der Waals surface area contributed by atoms with Crippen molar-refractivity contribution in [3.05, 3.63) is 0 Å². The Balaban J connectivity index is 0.00000625. The Morgan fingerprint density at radius 2 is 1.96 bits per heavy atom. The van der Waals surface area contributed by atoms with Gasteiger partial charge in [0.2, 0.25) is 0 Å². The average Bonchev–Trinajstić information content (AvgIpc) is 2.63. The molecule has 0 aromatic rings. The predicted octanol–water partition coefficient (Wildman–Crippen LogP) is 2.89. The molecule has 6 nitrogen and oxygen atoms in total. The monoisotopic (exact) mass is 485 g/mol. The third kappa shape index (κ3) is 10.9. The van der Waals surface area contributed by atoms with E-state index in [1.54, 1.807) is 7.11 Å². The van der Waals surface area contributed by atoms with E-state index in [2.05, 4.69) is 24.1 Å². The van der Waals surface area contributed by atoms with Gasteiger partial charge in [0.25, 0.3) is 0 Å². The lowest BCUT2D eigenvalue weighted by Crippen LogP contribution is -2.47. The van der Waals surface area contributed by atoms with E-state index in [-0.39, 0.29) is 30.6 Å². The Morgan fingerprint density at radius 3 is 2.54 bits per heavy atom. The van der Waals surface area contributed by atoms with Crippen LogP contribution >= 0.6 is 24.0 Å². The highest BCUT2D eigenvalue weighted by molar-refractivity contribution is 14.0. The zero-order valence-corrected chi connectivity index (χ0v) is 19.2. The van der Waals surface area contributed by atoms with Crippen molar-refractivity contribution in [2.24, 2.45) is 10.9 Å². The maximum Gasteiger partial charge on any atom is 0.193 e. The van der Waals surface area contributed by atoms with Crippen molar-refractivity contribution >= 4 is 29.9 Å². The van der Waals surface area contributed by atoms with Gasteiger partial charge in [0.1, 0.15) is 0 Å². The van der Waals surface area contributed by atoms with E-state index in [9.17, 15) is 5.11 Å². The normalized spacial score (nSPS) is 17.1. The number of rotatable bonds is 12. The van der Waals surface area contributed by atoms with Crippen LogP contribution in [0.2, 0.25) is 0 Å². The number of hydrogen-bond donors (Lipinski definition) is 2. The number of ether oxygens (including phenoxy) is 2. The van der Waals surface area contributed by atoms with Crippen LogP contribution in [0.4, 0.5) is 0 Å². The second-order valence-electron chi connectivity index (χ2n) is 6.77. The summed E-state index contributed by atoms with van der Waals surface area (Å²) in [6.45, 7) is 9.75. The van der Waals surface area contributed by atoms with Gasteiger partial charge in [-0.1, -0.05) is 13.3 Å². The van der Waals surface area contributed by atoms with E-state index in [1.165, 1.54) is 0 Å². The van der Waals surface area contributed by atoms with E-state index >= 15 is 0 Å². The van der Waals surface area contributed by atoms with Gasteiger partial charge in [0.05, 0.1) is 6.10 Å². The third-order valence-corrected chi connectivity index (χ3v) is 4.66. The summed E-state index contributed by atoms with van der Waals surface area (Å²) < 4.78 is 11.0. The standard InChI is InChI=1S/C19H39N3O3.HI/c1-4-7-17(10-13-23)16-21-19(20-5-2)22-11-8-18(9-12-22)25-15-6-14-24-3;/h17-18,23H,4-16H2,1-3H3,(H,20,21);1H. The molecular weight excluding hydrogens is 445 g/mol. The molecule has 0 spiro atoms. The van der Waals surface area contributed by atoms with E-state index in [0.717, 1.165) is 83.9 Å². The molecule has 1 heterocycles. The van der Waals surface area contributed by atoms with Gasteiger partial charge in [-0.3, -0.25) is 4.99 Å². The minimum absolute atomic E-state index is 0. The number of aliphatic hydroxyl groups is 1. The van der Waals surface area contributed by atoms with Gasteiger partial charge in [-0.15, -0.1) is 24.0 Å². The highest BCUT2D eigenvalue weighted by Gasteiger charge is 2.22. The van der Waals surface area contributed by atoms with Crippen LogP contribution in [-0.4, -0.2) is 75.2 Å². The summed E-state index contributed by atoms with van der Waals surface area (Å²) in [7, 11) is 1.73. The van der Waals surface area contributed by atoms with E-state index in [4.69, 9.17) is 14.5 Å². The zero-order valence-electron chi connectivity index (χ0n) is 16.9. The molecule has 0 amide bonds. The molecule has 0 aromatic carbocycles. The smallest absolute Gasteiger partial charge is 0.193 e. The molecule has 26 heavy (non-hydrogen) atoms. The molecule has 7 heteroatoms. The molecule has 1 fully saturated rings. The van der Waals surface area contributed by atoms with Crippen LogP contribution in [0.15, 0.2) is 4.99 Å². The number of guanidine groups is 1. The first-order valence-corrected chi connectivity index (χ1v) is 9.99. The Labute approximate surface area is 177 Å². The molecule has 1 aliphatic rings. The first kappa shape index (κ1) is 25.9. The lowest BCUT2D eigenvalue weighted by molar-refractivity contribution is 0.00989. The van der Waals surface area contributed by atoms with Crippen molar-refractivity contribution in [1.29, 1.82) is 0 Å². The Bertz CT molecular complexity index is 345. The molecule has 1 unspecified atom stereocenters. The fourth-order valence-electron chi connectivity index (χ4n) is 3.25. The number of aliphatic imine (C=N–C) groups is 1. The minimum Gasteiger partial charge on any atom is -0.396 e. The lowest BCUT2D eigenvalue weighted by Gasteiger charge is -2.34. The van der Waals surface area contributed by atoms with Crippen molar-refractivity contribution in [2.75, 3.05) is 53.1 Å². The molecule has 0 aromatic heterocycles. The topological polar surface area (TPSA) is 66.3 Å². The number of nitrogens with one attached hydrogen (secondary N) is 1. The van der Waals surface area contributed by atoms with Gasteiger partial charge < -0.3 is 24.8 Å². The van der Waals surface area contributed by atoms with Crippen LogP contribution in [0.3, 0.4) is 0 Å². The molecule has 0 saturated carbocycles. The quantitative estimate of drug-likeness (QED) is 0.193. The van der Waals surface area contributed by atoms with Crippen molar-refractivity contribution < 1.29 is 14.6 Å². The summed E-state index contributed by atoms with van der Waals surface area (Å²) in [5.41, 5.74) is 0. The SMILES string of the molecule is CCCC(CCO)CN=C(NCC)N1CCC(OCCCOC)CC1.I. The van der Waals surface area contributed by atoms with Crippen LogP contribution in [0.25, 0.3) is 0 Å². The number of aliphatic hydroxyl groups excluding tert-OH is 1. The summed E-state index contributed by atoms with van der Waals surface area (Å²) in [6, 6.07) is 0. The van der Waals surface area contributed by atoms with Crippen molar-refractivity contribution in [2.45, 2.75) is 58.5 Å². The first-order valence-electron chi connectivity index (χ1n) is 9.99. The van der Waals surface area contributed by atoms with Crippen LogP contribution in [-0.2, 0) is 9.47 Å². The van der Waals surface area contributed by atoms with Crippen molar-refractivity contribution in [3.8, 4) is 0 Å². The number of hydrogen-bond acceptors (Lipinski definition) is 4. The molecule has 1 atom stereocenters. The van der Waals surface area contributed by atoms with Crippen molar-refractivity contribution in [3.63, 3.8) is 0 Å². The molecule has 1 aliphatic heterocycles. The molecule has 156 valence electrons. The van der Waals surface area contributed by atoms with Crippen LogP contribution in [0.1, 0.15) is 52.4 Å². The maximum atomic E-state index is 9.22. The van der Waals surface area contributed by atoms with Gasteiger partial charge in [0.15, 0.2) is 5.96 Å². The van der Waals surface area contributed by atoms with Gasteiger partial charge in [0, 0.05) is 53.1 Å². The molecule has 0 aliphatic carbocycles. The van der Waals surface area contributed by atoms with Gasteiger partial charge >= 0.3 is 0 Å². The van der Waals surface area contributed by atoms with E-state index in [0.29, 0.717) is 12.0 Å². The first-order chi connectivity index (χ1) is 12.2. The lowest BCUT2D eigenvalue weighted by atomic mass is 10.0. The molecule has 1 rings (SSSR count). The third-order valence-electron chi connectivity index (χ3n) is 4.66. The second-order valence-corrected chi connectivity index (χ2v) is 6.77. The molecule has 0 bridgehead atoms. The largest absolute Gasteiger partial charge is 0.396 e. The van der Waals surface area contributed by atoms with E-state index < -0.39 is 0 Å². The fourth-order valence-corrected chi connectivity index (χ4v) is 3.25. The molecule has 0 radical (unpaired) electrons. The number of nitrogens with zero attached hydrogens (tertiary/aromatic N) is 2. The second kappa shape index (κ2) is 17.0.